The van der Waals surface area contributed by atoms with E-state index in [2.05, 4.69) is 39.9 Å². The van der Waals surface area contributed by atoms with Gasteiger partial charge >= 0.3 is 0 Å². The minimum absolute atomic E-state index is 0.00752. The molecule has 6 rings (SSSR count). The maximum Gasteiger partial charge on any atom is 0.253 e. The number of carbonyl (C=O) groups is 1. The fourth-order valence-corrected chi connectivity index (χ4v) is 5.79. The van der Waals surface area contributed by atoms with Crippen molar-refractivity contribution in [2.24, 2.45) is 5.41 Å². The average Bonchev–Trinajstić information content (AvgIpc) is 3.40. The summed E-state index contributed by atoms with van der Waals surface area (Å²) in [4.78, 5) is 17.5. The molecule has 39 heavy (non-hydrogen) atoms. The standard InChI is InChI=1S/C32H34FN3O3/c1-20(36-31(37)25-13-29(21(2)35-16-25)39-28-11-12-38-17-28)22-3-5-23(6-4-22)30(24-7-9-27(33)10-8-24)26-14-32(15-26)18-34-19-32/h3-10,13,16,20,28,34H,11-12,14-15,17-19H2,1-2H3,(H,36,37)/t20-,28-/m1/s1. The van der Waals surface area contributed by atoms with Crippen molar-refractivity contribution in [1.82, 2.24) is 15.6 Å². The Morgan fingerprint density at radius 1 is 1.10 bits per heavy atom. The maximum absolute atomic E-state index is 13.7. The molecule has 0 radical (unpaired) electrons. The number of allylic oxidation sites excluding steroid dienone is 1. The summed E-state index contributed by atoms with van der Waals surface area (Å²) in [5.74, 6) is 0.188. The highest BCUT2D eigenvalue weighted by Crippen LogP contribution is 2.51. The van der Waals surface area contributed by atoms with Gasteiger partial charge < -0.3 is 20.1 Å². The number of rotatable bonds is 7. The lowest BCUT2D eigenvalue weighted by atomic mass is 9.60. The summed E-state index contributed by atoms with van der Waals surface area (Å²) < 4.78 is 25.1. The van der Waals surface area contributed by atoms with Crippen molar-refractivity contribution in [3.05, 3.63) is 100 Å². The molecule has 1 amide bonds. The molecule has 3 aromatic rings. The van der Waals surface area contributed by atoms with Crippen LogP contribution in [0.25, 0.3) is 5.57 Å². The zero-order valence-electron chi connectivity index (χ0n) is 22.4. The SMILES string of the molecule is Cc1ncc(C(=O)N[C@H](C)c2ccc(C(=C3CC4(CNC4)C3)c3ccc(F)cc3)cc2)cc1O[C@@H]1CCOC1. The van der Waals surface area contributed by atoms with E-state index in [0.717, 1.165) is 54.7 Å². The lowest BCUT2D eigenvalue weighted by Gasteiger charge is -2.52. The molecule has 2 atom stereocenters. The molecule has 3 aliphatic rings. The van der Waals surface area contributed by atoms with Crippen molar-refractivity contribution in [2.75, 3.05) is 26.3 Å². The fourth-order valence-electron chi connectivity index (χ4n) is 5.79. The van der Waals surface area contributed by atoms with Crippen LogP contribution in [0.1, 0.15) is 65.0 Å². The van der Waals surface area contributed by atoms with Gasteiger partial charge in [0.15, 0.2) is 0 Å². The van der Waals surface area contributed by atoms with Gasteiger partial charge in [-0.25, -0.2) is 4.39 Å². The van der Waals surface area contributed by atoms with E-state index < -0.39 is 0 Å². The highest BCUT2D eigenvalue weighted by Gasteiger charge is 2.46. The molecule has 2 aromatic carbocycles. The second-order valence-corrected chi connectivity index (χ2v) is 11.2. The number of carbonyl (C=O) groups excluding carboxylic acids is 1. The molecule has 2 aliphatic heterocycles. The molecular formula is C32H34FN3O3. The predicted octanol–water partition coefficient (Wildman–Crippen LogP) is 5.37. The summed E-state index contributed by atoms with van der Waals surface area (Å²) in [6.07, 6.45) is 4.56. The number of hydrogen-bond acceptors (Lipinski definition) is 5. The van der Waals surface area contributed by atoms with Crippen molar-refractivity contribution >= 4 is 11.5 Å². The molecule has 0 bridgehead atoms. The molecule has 2 N–H and O–H groups in total. The first kappa shape index (κ1) is 25.7. The van der Waals surface area contributed by atoms with Crippen LogP contribution in [0.4, 0.5) is 4.39 Å². The minimum Gasteiger partial charge on any atom is -0.486 e. The lowest BCUT2D eigenvalue weighted by molar-refractivity contribution is 0.0938. The van der Waals surface area contributed by atoms with Gasteiger partial charge in [0.25, 0.3) is 5.91 Å². The van der Waals surface area contributed by atoms with Crippen LogP contribution in [0, 0.1) is 18.2 Å². The summed E-state index contributed by atoms with van der Waals surface area (Å²) in [6.45, 7) is 7.24. The number of pyridine rings is 1. The van der Waals surface area contributed by atoms with Crippen molar-refractivity contribution in [3.8, 4) is 5.75 Å². The fraction of sp³-hybridized carbons (Fsp3) is 0.375. The maximum atomic E-state index is 13.7. The highest BCUT2D eigenvalue weighted by molar-refractivity contribution is 5.94. The Balaban J connectivity index is 1.17. The van der Waals surface area contributed by atoms with Crippen LogP contribution in [0.2, 0.25) is 0 Å². The Bertz CT molecular complexity index is 1380. The number of amides is 1. The molecule has 202 valence electrons. The van der Waals surface area contributed by atoms with E-state index >= 15 is 0 Å². The van der Waals surface area contributed by atoms with Gasteiger partial charge in [0, 0.05) is 31.1 Å². The molecule has 1 aromatic heterocycles. The Kier molecular flexibility index (Phi) is 6.95. The zero-order valence-corrected chi connectivity index (χ0v) is 22.4. The van der Waals surface area contributed by atoms with Crippen LogP contribution in [0.3, 0.4) is 0 Å². The van der Waals surface area contributed by atoms with Crippen molar-refractivity contribution in [1.29, 1.82) is 0 Å². The molecule has 1 saturated carbocycles. The van der Waals surface area contributed by atoms with Gasteiger partial charge in [0.1, 0.15) is 17.7 Å². The number of halogens is 1. The monoisotopic (exact) mass is 527 g/mol. The van der Waals surface area contributed by atoms with E-state index in [9.17, 15) is 9.18 Å². The third kappa shape index (κ3) is 5.34. The van der Waals surface area contributed by atoms with Gasteiger partial charge in [-0.15, -0.1) is 0 Å². The van der Waals surface area contributed by atoms with Crippen LogP contribution >= 0.6 is 0 Å². The van der Waals surface area contributed by atoms with Crippen LogP contribution < -0.4 is 15.4 Å². The third-order valence-electron chi connectivity index (χ3n) is 8.19. The van der Waals surface area contributed by atoms with Gasteiger partial charge in [-0.2, -0.15) is 0 Å². The van der Waals surface area contributed by atoms with Gasteiger partial charge in [0.2, 0.25) is 0 Å². The lowest BCUT2D eigenvalue weighted by Crippen LogP contribution is -2.58. The molecule has 1 aliphatic carbocycles. The van der Waals surface area contributed by atoms with E-state index in [1.54, 1.807) is 12.3 Å². The van der Waals surface area contributed by atoms with Crippen LogP contribution in [-0.2, 0) is 4.74 Å². The van der Waals surface area contributed by atoms with Crippen LogP contribution in [-0.4, -0.2) is 43.3 Å². The van der Waals surface area contributed by atoms with Crippen molar-refractivity contribution < 1.29 is 18.7 Å². The van der Waals surface area contributed by atoms with E-state index in [0.29, 0.717) is 29.9 Å². The molecule has 0 unspecified atom stereocenters. The van der Waals surface area contributed by atoms with E-state index in [4.69, 9.17) is 9.47 Å². The minimum atomic E-state index is -0.230. The van der Waals surface area contributed by atoms with Gasteiger partial charge in [0.05, 0.1) is 30.5 Å². The van der Waals surface area contributed by atoms with Gasteiger partial charge in [-0.05, 0) is 67.2 Å². The Labute approximate surface area is 228 Å². The summed E-state index contributed by atoms with van der Waals surface area (Å²) in [7, 11) is 0. The third-order valence-corrected chi connectivity index (χ3v) is 8.19. The first-order valence-corrected chi connectivity index (χ1v) is 13.7. The topological polar surface area (TPSA) is 72.5 Å². The number of nitrogens with zero attached hydrogens (tertiary/aromatic N) is 1. The van der Waals surface area contributed by atoms with Crippen molar-refractivity contribution in [2.45, 2.75) is 45.3 Å². The largest absolute Gasteiger partial charge is 0.486 e. The summed E-state index contributed by atoms with van der Waals surface area (Å²) in [5.41, 5.74) is 7.39. The smallest absolute Gasteiger partial charge is 0.253 e. The Hall–Kier alpha value is -3.55. The number of hydrogen-bond donors (Lipinski definition) is 2. The van der Waals surface area contributed by atoms with Gasteiger partial charge in [-0.3, -0.25) is 9.78 Å². The summed E-state index contributed by atoms with van der Waals surface area (Å²) in [5, 5.41) is 6.49. The number of aryl methyl sites for hydroxylation is 1. The number of nitrogens with one attached hydrogen (secondary N) is 2. The number of benzene rings is 2. The molecular weight excluding hydrogens is 493 g/mol. The highest BCUT2D eigenvalue weighted by atomic mass is 19.1. The summed E-state index contributed by atoms with van der Waals surface area (Å²) >= 11 is 0. The molecule has 1 spiro atoms. The summed E-state index contributed by atoms with van der Waals surface area (Å²) in [6, 6.07) is 16.7. The Morgan fingerprint density at radius 3 is 2.41 bits per heavy atom. The quantitative estimate of drug-likeness (QED) is 0.432. The second kappa shape index (κ2) is 10.5. The van der Waals surface area contributed by atoms with Gasteiger partial charge in [-0.1, -0.05) is 42.0 Å². The van der Waals surface area contributed by atoms with E-state index in [-0.39, 0.29) is 23.9 Å². The van der Waals surface area contributed by atoms with Crippen molar-refractivity contribution in [3.63, 3.8) is 0 Å². The Morgan fingerprint density at radius 2 is 1.79 bits per heavy atom. The van der Waals surface area contributed by atoms with E-state index in [1.807, 2.05) is 26.0 Å². The molecule has 3 heterocycles. The molecule has 3 fully saturated rings. The molecule has 2 saturated heterocycles. The molecule has 6 nitrogen and oxygen atoms in total. The first-order valence-electron chi connectivity index (χ1n) is 13.7. The number of ether oxygens (including phenoxy) is 2. The zero-order chi connectivity index (χ0) is 27.0. The first-order chi connectivity index (χ1) is 18.9. The second-order valence-electron chi connectivity index (χ2n) is 11.2. The predicted molar refractivity (Wildman–Crippen MR) is 148 cm³/mol. The number of aromatic nitrogens is 1. The van der Waals surface area contributed by atoms with Crippen LogP contribution in [0.5, 0.6) is 5.75 Å². The molecule has 7 heteroatoms. The average molecular weight is 528 g/mol. The van der Waals surface area contributed by atoms with E-state index in [1.165, 1.54) is 23.3 Å². The van der Waals surface area contributed by atoms with Crippen LogP contribution in [0.15, 0.2) is 66.4 Å². The normalized spacial score (nSPS) is 20.2.